The molecule has 0 saturated heterocycles. The van der Waals surface area contributed by atoms with Gasteiger partial charge in [-0.2, -0.15) is 0 Å². The van der Waals surface area contributed by atoms with E-state index >= 15 is 0 Å². The quantitative estimate of drug-likeness (QED) is 0.796. The van der Waals surface area contributed by atoms with Gasteiger partial charge in [0.15, 0.2) is 0 Å². The van der Waals surface area contributed by atoms with Gasteiger partial charge < -0.3 is 9.88 Å². The van der Waals surface area contributed by atoms with Gasteiger partial charge in [-0.25, -0.2) is 4.98 Å². The predicted molar refractivity (Wildman–Crippen MR) is 78.0 cm³/mol. The van der Waals surface area contributed by atoms with E-state index < -0.39 is 0 Å². The Morgan fingerprint density at radius 3 is 2.74 bits per heavy atom. The van der Waals surface area contributed by atoms with Gasteiger partial charge in [-0.05, 0) is 50.5 Å². The number of hydrogen-bond acceptors (Lipinski definition) is 2. The van der Waals surface area contributed by atoms with Crippen LogP contribution in [-0.2, 0) is 6.54 Å². The van der Waals surface area contributed by atoms with Gasteiger partial charge in [0.2, 0.25) is 0 Å². The smallest absolute Gasteiger partial charge is 0.0945 e. The Hall–Kier alpha value is -0.830. The molecule has 1 aromatic rings. The van der Waals surface area contributed by atoms with Crippen LogP contribution in [0, 0.1) is 5.41 Å². The van der Waals surface area contributed by atoms with Crippen molar-refractivity contribution < 1.29 is 0 Å². The summed E-state index contributed by atoms with van der Waals surface area (Å²) >= 11 is 0. The average molecular weight is 261 g/mol. The van der Waals surface area contributed by atoms with Gasteiger partial charge in [0, 0.05) is 25.0 Å². The van der Waals surface area contributed by atoms with E-state index in [1.54, 1.807) is 0 Å². The van der Waals surface area contributed by atoms with Gasteiger partial charge in [-0.1, -0.05) is 19.3 Å². The van der Waals surface area contributed by atoms with Gasteiger partial charge in [-0.15, -0.1) is 0 Å². The summed E-state index contributed by atoms with van der Waals surface area (Å²) in [6.07, 6.45) is 18.7. The lowest BCUT2D eigenvalue weighted by molar-refractivity contribution is 0.0231. The summed E-state index contributed by atoms with van der Waals surface area (Å²) in [5, 5.41) is 3.83. The van der Waals surface area contributed by atoms with Crippen LogP contribution in [0.15, 0.2) is 18.7 Å². The Bertz CT molecular complexity index is 365. The molecule has 2 fully saturated rings. The van der Waals surface area contributed by atoms with E-state index in [1.165, 1.54) is 64.3 Å². The molecule has 0 radical (unpaired) electrons. The summed E-state index contributed by atoms with van der Waals surface area (Å²) in [5.74, 6) is 0. The SMILES string of the molecule is c1cn(CCCCNC2CCC23CCCCC3)cn1. The van der Waals surface area contributed by atoms with Gasteiger partial charge in [0.05, 0.1) is 6.33 Å². The van der Waals surface area contributed by atoms with Crippen molar-refractivity contribution in [1.82, 2.24) is 14.9 Å². The van der Waals surface area contributed by atoms with Crippen molar-refractivity contribution in [3.05, 3.63) is 18.7 Å². The number of nitrogens with one attached hydrogen (secondary N) is 1. The Morgan fingerprint density at radius 2 is 2.05 bits per heavy atom. The molecule has 2 aliphatic rings. The summed E-state index contributed by atoms with van der Waals surface area (Å²) in [6, 6.07) is 0.834. The minimum Gasteiger partial charge on any atom is -0.337 e. The number of hydrogen-bond donors (Lipinski definition) is 1. The van der Waals surface area contributed by atoms with Gasteiger partial charge in [0.1, 0.15) is 0 Å². The third-order valence-electron chi connectivity index (χ3n) is 5.31. The molecular weight excluding hydrogens is 234 g/mol. The molecule has 3 nitrogen and oxygen atoms in total. The van der Waals surface area contributed by atoms with E-state index in [4.69, 9.17) is 0 Å². The monoisotopic (exact) mass is 261 g/mol. The molecule has 2 aliphatic carbocycles. The van der Waals surface area contributed by atoms with E-state index in [2.05, 4.69) is 21.1 Å². The second-order valence-corrected chi connectivity index (χ2v) is 6.48. The number of nitrogens with zero attached hydrogens (tertiary/aromatic N) is 2. The van der Waals surface area contributed by atoms with Crippen LogP contribution < -0.4 is 5.32 Å². The van der Waals surface area contributed by atoms with Crippen LogP contribution in [0.25, 0.3) is 0 Å². The normalized spacial score (nSPS) is 25.4. The number of imidazole rings is 1. The topological polar surface area (TPSA) is 29.9 Å². The molecule has 1 heterocycles. The van der Waals surface area contributed by atoms with E-state index in [0.29, 0.717) is 5.41 Å². The highest BCUT2D eigenvalue weighted by molar-refractivity contribution is 5.01. The van der Waals surface area contributed by atoms with E-state index in [-0.39, 0.29) is 0 Å². The van der Waals surface area contributed by atoms with Gasteiger partial charge in [0.25, 0.3) is 0 Å². The lowest BCUT2D eigenvalue weighted by Gasteiger charge is -2.52. The molecule has 0 amide bonds. The highest BCUT2D eigenvalue weighted by atomic mass is 15.0. The minimum absolute atomic E-state index is 0.711. The summed E-state index contributed by atoms with van der Waals surface area (Å²) in [4.78, 5) is 4.08. The fourth-order valence-electron chi connectivity index (χ4n) is 3.98. The van der Waals surface area contributed by atoms with Gasteiger partial charge >= 0.3 is 0 Å². The van der Waals surface area contributed by atoms with Crippen LogP contribution in [0.3, 0.4) is 0 Å². The highest BCUT2D eigenvalue weighted by Crippen LogP contribution is 2.51. The van der Waals surface area contributed by atoms with Crippen molar-refractivity contribution in [1.29, 1.82) is 0 Å². The fourth-order valence-corrected chi connectivity index (χ4v) is 3.98. The zero-order chi connectivity index (χ0) is 13.0. The maximum atomic E-state index is 4.08. The Labute approximate surface area is 116 Å². The highest BCUT2D eigenvalue weighted by Gasteiger charge is 2.46. The maximum Gasteiger partial charge on any atom is 0.0945 e. The van der Waals surface area contributed by atoms with Crippen LogP contribution in [0.2, 0.25) is 0 Å². The summed E-state index contributed by atoms with van der Waals surface area (Å²) < 4.78 is 2.17. The van der Waals surface area contributed by atoms with E-state index in [0.717, 1.165) is 12.6 Å². The molecule has 2 saturated carbocycles. The molecule has 1 unspecified atom stereocenters. The molecule has 1 atom stereocenters. The maximum absolute atomic E-state index is 4.08. The fraction of sp³-hybridized carbons (Fsp3) is 0.812. The number of aromatic nitrogens is 2. The number of unbranched alkanes of at least 4 members (excludes halogenated alkanes) is 1. The first-order chi connectivity index (χ1) is 9.39. The molecule has 0 aromatic carbocycles. The first kappa shape index (κ1) is 13.2. The summed E-state index contributed by atoms with van der Waals surface area (Å²) in [7, 11) is 0. The van der Waals surface area contributed by atoms with E-state index in [1.807, 2.05) is 12.5 Å². The molecule has 106 valence electrons. The lowest BCUT2D eigenvalue weighted by Crippen LogP contribution is -2.54. The standard InChI is InChI=1S/C16H27N3/c1-2-7-16(8-3-1)9-6-15(16)18-10-4-5-12-19-13-11-17-14-19/h11,13-15,18H,1-10,12H2. The molecule has 1 spiro atoms. The van der Waals surface area contributed by atoms with Crippen LogP contribution in [-0.4, -0.2) is 22.1 Å². The van der Waals surface area contributed by atoms with Crippen LogP contribution in [0.1, 0.15) is 57.8 Å². The minimum atomic E-state index is 0.711. The molecule has 3 rings (SSSR count). The third-order valence-corrected chi connectivity index (χ3v) is 5.31. The Morgan fingerprint density at radius 1 is 1.16 bits per heavy atom. The molecular formula is C16H27N3. The Kier molecular flexibility index (Phi) is 4.21. The van der Waals surface area contributed by atoms with Crippen molar-refractivity contribution in [2.75, 3.05) is 6.54 Å². The molecule has 1 N–H and O–H groups in total. The molecule has 3 heteroatoms. The molecule has 0 bridgehead atoms. The zero-order valence-electron chi connectivity index (χ0n) is 12.0. The second-order valence-electron chi connectivity index (χ2n) is 6.48. The number of rotatable bonds is 6. The summed E-state index contributed by atoms with van der Waals surface area (Å²) in [6.45, 7) is 2.30. The summed E-state index contributed by atoms with van der Waals surface area (Å²) in [5.41, 5.74) is 0.711. The predicted octanol–water partition coefficient (Wildman–Crippen LogP) is 3.37. The van der Waals surface area contributed by atoms with Crippen molar-refractivity contribution in [2.24, 2.45) is 5.41 Å². The van der Waals surface area contributed by atoms with Crippen molar-refractivity contribution in [3.8, 4) is 0 Å². The number of aryl methyl sites for hydroxylation is 1. The lowest BCUT2D eigenvalue weighted by atomic mass is 9.57. The second kappa shape index (κ2) is 6.08. The molecule has 0 aliphatic heterocycles. The van der Waals surface area contributed by atoms with Crippen LogP contribution in [0.4, 0.5) is 0 Å². The first-order valence-electron chi connectivity index (χ1n) is 8.08. The Balaban J connectivity index is 1.32. The average Bonchev–Trinajstić information content (AvgIpc) is 2.95. The van der Waals surface area contributed by atoms with Gasteiger partial charge in [-0.3, -0.25) is 0 Å². The zero-order valence-corrected chi connectivity index (χ0v) is 12.0. The van der Waals surface area contributed by atoms with Crippen molar-refractivity contribution in [2.45, 2.75) is 70.4 Å². The van der Waals surface area contributed by atoms with Crippen molar-refractivity contribution in [3.63, 3.8) is 0 Å². The van der Waals surface area contributed by atoms with E-state index in [9.17, 15) is 0 Å². The first-order valence-corrected chi connectivity index (χ1v) is 8.08. The van der Waals surface area contributed by atoms with Crippen LogP contribution in [0.5, 0.6) is 0 Å². The van der Waals surface area contributed by atoms with Crippen molar-refractivity contribution >= 4 is 0 Å². The third kappa shape index (κ3) is 3.02. The largest absolute Gasteiger partial charge is 0.337 e. The molecule has 19 heavy (non-hydrogen) atoms. The van der Waals surface area contributed by atoms with Crippen LogP contribution >= 0.6 is 0 Å². The molecule has 1 aromatic heterocycles.